The fraction of sp³-hybridized carbons (Fsp3) is 0.435. The first kappa shape index (κ1) is 17.7. The third kappa shape index (κ3) is 2.63. The maximum atomic E-state index is 14.4. The maximum absolute atomic E-state index is 14.4. The molecule has 2 N–H and O–H groups in total. The first-order chi connectivity index (χ1) is 13.3. The normalized spacial score (nSPS) is 30.6. The molecule has 0 radical (unpaired) electrons. The van der Waals surface area contributed by atoms with Crippen molar-refractivity contribution in [3.8, 4) is 16.9 Å². The van der Waals surface area contributed by atoms with E-state index < -0.39 is 17.6 Å². The topological polar surface area (TPSA) is 57.5 Å². The molecule has 0 heterocycles. The van der Waals surface area contributed by atoms with Gasteiger partial charge in [0.15, 0.2) is 0 Å². The molecule has 3 nitrogen and oxygen atoms in total. The second kappa shape index (κ2) is 6.03. The van der Waals surface area contributed by atoms with Crippen LogP contribution in [0.1, 0.15) is 54.4 Å². The minimum atomic E-state index is -1.24. The van der Waals surface area contributed by atoms with Gasteiger partial charge in [0.05, 0.1) is 0 Å². The predicted octanol–water partition coefficient (Wildman–Crippen LogP) is 5.50. The summed E-state index contributed by atoms with van der Waals surface area (Å²) < 4.78 is 27.8. The van der Waals surface area contributed by atoms with Gasteiger partial charge in [0.2, 0.25) is 0 Å². The Balaban J connectivity index is 1.70. The molecule has 0 amide bonds. The molecular weight excluding hydrogens is 362 g/mol. The average Bonchev–Trinajstić information content (AvgIpc) is 2.60. The molecule has 0 spiro atoms. The van der Waals surface area contributed by atoms with Crippen LogP contribution >= 0.6 is 0 Å². The summed E-state index contributed by atoms with van der Waals surface area (Å²) in [5, 5.41) is 20.5. The Labute approximate surface area is 162 Å². The molecule has 6 rings (SSSR count). The summed E-state index contributed by atoms with van der Waals surface area (Å²) >= 11 is 0. The number of aromatic hydroxyl groups is 1. The number of benzene rings is 2. The van der Waals surface area contributed by atoms with Gasteiger partial charge in [-0.1, -0.05) is 0 Å². The van der Waals surface area contributed by atoms with Crippen LogP contribution < -0.4 is 0 Å². The fourth-order valence-corrected chi connectivity index (χ4v) is 6.52. The highest BCUT2D eigenvalue weighted by atomic mass is 19.1. The first-order valence-electron chi connectivity index (χ1n) is 9.91. The summed E-state index contributed by atoms with van der Waals surface area (Å²) in [7, 11) is 0. The maximum Gasteiger partial charge on any atom is 0.339 e. The molecule has 4 saturated carbocycles. The number of hydrogen-bond acceptors (Lipinski definition) is 2. The van der Waals surface area contributed by atoms with Crippen molar-refractivity contribution in [3.63, 3.8) is 0 Å². The van der Waals surface area contributed by atoms with E-state index >= 15 is 0 Å². The average molecular weight is 384 g/mol. The van der Waals surface area contributed by atoms with Crippen molar-refractivity contribution >= 4 is 5.97 Å². The number of rotatable bonds is 3. The lowest BCUT2D eigenvalue weighted by Crippen LogP contribution is -2.48. The van der Waals surface area contributed by atoms with Gasteiger partial charge in [-0.2, -0.15) is 0 Å². The number of carboxylic acid groups (broad SMARTS) is 1. The van der Waals surface area contributed by atoms with Crippen LogP contribution in [0.3, 0.4) is 0 Å². The molecule has 0 saturated heterocycles. The van der Waals surface area contributed by atoms with Gasteiger partial charge in [0, 0.05) is 17.2 Å². The third-order valence-electron chi connectivity index (χ3n) is 7.19. The number of aromatic carboxylic acids is 1. The largest absolute Gasteiger partial charge is 0.507 e. The molecule has 4 aliphatic rings. The minimum Gasteiger partial charge on any atom is -0.507 e. The van der Waals surface area contributed by atoms with Gasteiger partial charge in [-0.25, -0.2) is 13.6 Å². The monoisotopic (exact) mass is 384 g/mol. The quantitative estimate of drug-likeness (QED) is 0.734. The van der Waals surface area contributed by atoms with Crippen LogP contribution in [-0.4, -0.2) is 16.2 Å². The highest BCUT2D eigenvalue weighted by Crippen LogP contribution is 2.62. The zero-order chi connectivity index (χ0) is 19.6. The lowest BCUT2D eigenvalue weighted by atomic mass is 9.48. The van der Waals surface area contributed by atoms with Crippen LogP contribution in [0.4, 0.5) is 8.78 Å². The summed E-state index contributed by atoms with van der Waals surface area (Å²) in [6.07, 6.45) is 6.50. The second-order valence-corrected chi connectivity index (χ2v) is 9.05. The zero-order valence-electron chi connectivity index (χ0n) is 15.4. The van der Waals surface area contributed by atoms with E-state index in [2.05, 4.69) is 0 Å². The van der Waals surface area contributed by atoms with Crippen LogP contribution in [0.2, 0.25) is 0 Å². The fourth-order valence-electron chi connectivity index (χ4n) is 6.52. The summed E-state index contributed by atoms with van der Waals surface area (Å²) in [4.78, 5) is 11.8. The van der Waals surface area contributed by atoms with Crippen molar-refractivity contribution < 1.29 is 23.8 Å². The van der Waals surface area contributed by atoms with E-state index in [0.29, 0.717) is 28.9 Å². The van der Waals surface area contributed by atoms with Gasteiger partial charge in [-0.15, -0.1) is 0 Å². The molecule has 2 aromatic rings. The Morgan fingerprint density at radius 2 is 1.57 bits per heavy atom. The number of carbonyl (C=O) groups is 1. The Kier molecular flexibility index (Phi) is 3.80. The van der Waals surface area contributed by atoms with Crippen LogP contribution in [0.15, 0.2) is 30.3 Å². The Morgan fingerprint density at radius 1 is 0.964 bits per heavy atom. The summed E-state index contributed by atoms with van der Waals surface area (Å²) in [6, 6.07) is 6.32. The zero-order valence-corrected chi connectivity index (χ0v) is 15.4. The highest BCUT2D eigenvalue weighted by Gasteiger charge is 2.52. The standard InChI is InChI=1S/C23H22F2O3/c24-16-1-2-17(20(25)8-16)15-6-18(22(27)28)21(26)19(7-15)23-9-12-3-13(10-23)5-14(4-12)11-23/h1-2,6-8,12-14,26H,3-5,9-11H2,(H,27,28). The van der Waals surface area contributed by atoms with Crippen LogP contribution in [-0.2, 0) is 5.41 Å². The lowest BCUT2D eigenvalue weighted by molar-refractivity contribution is -0.00616. The van der Waals surface area contributed by atoms with Gasteiger partial charge >= 0.3 is 5.97 Å². The molecule has 0 aromatic heterocycles. The van der Waals surface area contributed by atoms with Crippen molar-refractivity contribution in [2.24, 2.45) is 17.8 Å². The number of phenols is 1. The van der Waals surface area contributed by atoms with E-state index in [1.54, 1.807) is 6.07 Å². The summed E-state index contributed by atoms with van der Waals surface area (Å²) in [5.74, 6) is -1.01. The third-order valence-corrected chi connectivity index (χ3v) is 7.19. The SMILES string of the molecule is O=C(O)c1cc(-c2ccc(F)cc2F)cc(C23CC4CC(CC(C4)C2)C3)c1O. The van der Waals surface area contributed by atoms with Crippen LogP contribution in [0.25, 0.3) is 11.1 Å². The van der Waals surface area contributed by atoms with E-state index in [-0.39, 0.29) is 22.3 Å². The molecule has 2 aromatic carbocycles. The second-order valence-electron chi connectivity index (χ2n) is 9.05. The van der Waals surface area contributed by atoms with Gasteiger partial charge in [-0.05, 0) is 91.5 Å². The smallest absolute Gasteiger partial charge is 0.339 e. The van der Waals surface area contributed by atoms with Crippen molar-refractivity contribution in [2.45, 2.75) is 43.9 Å². The number of halogens is 2. The molecule has 4 fully saturated rings. The minimum absolute atomic E-state index is 0.148. The number of hydrogen-bond donors (Lipinski definition) is 2. The lowest BCUT2D eigenvalue weighted by Gasteiger charge is -2.57. The van der Waals surface area contributed by atoms with Crippen LogP contribution in [0.5, 0.6) is 5.75 Å². The van der Waals surface area contributed by atoms with Gasteiger partial charge in [0.25, 0.3) is 0 Å². The Hall–Kier alpha value is -2.43. The van der Waals surface area contributed by atoms with Crippen LogP contribution in [0, 0.1) is 29.4 Å². The molecule has 4 aliphatic carbocycles. The van der Waals surface area contributed by atoms with Gasteiger partial charge in [-0.3, -0.25) is 0 Å². The predicted molar refractivity (Wildman–Crippen MR) is 100 cm³/mol. The van der Waals surface area contributed by atoms with Crippen molar-refractivity contribution in [2.75, 3.05) is 0 Å². The Bertz CT molecular complexity index is 947. The summed E-state index contributed by atoms with van der Waals surface area (Å²) in [5.41, 5.74) is 0.695. The molecule has 0 atom stereocenters. The van der Waals surface area contributed by atoms with E-state index in [1.807, 2.05) is 0 Å². The summed E-state index contributed by atoms with van der Waals surface area (Å²) in [6.45, 7) is 0. The Morgan fingerprint density at radius 3 is 2.11 bits per heavy atom. The van der Waals surface area contributed by atoms with Crippen molar-refractivity contribution in [1.82, 2.24) is 0 Å². The van der Waals surface area contributed by atoms with Crippen molar-refractivity contribution in [1.29, 1.82) is 0 Å². The first-order valence-corrected chi connectivity index (χ1v) is 9.91. The highest BCUT2D eigenvalue weighted by molar-refractivity contribution is 5.93. The van der Waals surface area contributed by atoms with Gasteiger partial charge < -0.3 is 10.2 Å². The molecule has 146 valence electrons. The molecular formula is C23H22F2O3. The number of carboxylic acids is 1. The van der Waals surface area contributed by atoms with E-state index in [9.17, 15) is 23.8 Å². The van der Waals surface area contributed by atoms with Crippen molar-refractivity contribution in [3.05, 3.63) is 53.1 Å². The van der Waals surface area contributed by atoms with E-state index in [1.165, 1.54) is 31.4 Å². The molecule has 28 heavy (non-hydrogen) atoms. The molecule has 4 bridgehead atoms. The molecule has 5 heteroatoms. The van der Waals surface area contributed by atoms with Gasteiger partial charge in [0.1, 0.15) is 22.9 Å². The van der Waals surface area contributed by atoms with E-state index in [4.69, 9.17) is 0 Å². The molecule has 0 aliphatic heterocycles. The molecule has 0 unspecified atom stereocenters. The van der Waals surface area contributed by atoms with E-state index in [0.717, 1.165) is 31.4 Å².